The van der Waals surface area contributed by atoms with Crippen LogP contribution in [0.5, 0.6) is 0 Å². The molecule has 0 aliphatic heterocycles. The number of halogens is 12. The Morgan fingerprint density at radius 2 is 1.39 bits per heavy atom. The maximum Gasteiger partial charge on any atom is 0.417 e. The predicted molar refractivity (Wildman–Crippen MR) is 152 cm³/mol. The molecule has 0 fully saturated rings. The molecule has 0 saturated heterocycles. The number of benzene rings is 2. The Bertz CT molecular complexity index is 2060. The van der Waals surface area contributed by atoms with Gasteiger partial charge in [0.05, 0.1) is 22.6 Å². The topological polar surface area (TPSA) is 47.6 Å². The van der Waals surface area contributed by atoms with E-state index in [0.717, 1.165) is 36.4 Å². The summed E-state index contributed by atoms with van der Waals surface area (Å²) >= 11 is 0. The standard InChI is InChI=1S/C35H18F12N2/c1-31-13-12-23(35(45,46)47)28-22(34(42,43)44)11-10-21(29(28)31)27-24(16-2-6-19(7-3-16)32(36,37)38)25(18(14-48)15-49)26(30(27)31)17-4-8-20(9-5-17)33(39,40)41/h2-8,10-12,20H,9,13H2,1H3. The Kier molecular flexibility index (Phi) is 7.45. The Labute approximate surface area is 269 Å². The van der Waals surface area contributed by atoms with Gasteiger partial charge < -0.3 is 0 Å². The molecule has 49 heavy (non-hydrogen) atoms. The Hall–Kier alpha value is -4.98. The quantitative estimate of drug-likeness (QED) is 0.232. The lowest BCUT2D eigenvalue weighted by Gasteiger charge is -2.36. The fraction of sp³-hybridized carbons (Fsp3) is 0.257. The predicted octanol–water partition coefficient (Wildman–Crippen LogP) is 11.0. The first-order valence-corrected chi connectivity index (χ1v) is 14.3. The smallest absolute Gasteiger partial charge is 0.192 e. The van der Waals surface area contributed by atoms with Crippen molar-refractivity contribution in [2.45, 2.75) is 49.9 Å². The number of hydrogen-bond acceptors (Lipinski definition) is 2. The van der Waals surface area contributed by atoms with Crippen molar-refractivity contribution in [3.05, 3.63) is 122 Å². The van der Waals surface area contributed by atoms with Gasteiger partial charge in [-0.05, 0) is 75.6 Å². The maximum atomic E-state index is 14.4. The molecule has 0 spiro atoms. The second-order valence-corrected chi connectivity index (χ2v) is 12.0. The fourth-order valence-corrected chi connectivity index (χ4v) is 7.18. The van der Waals surface area contributed by atoms with Gasteiger partial charge in [0, 0.05) is 16.6 Å². The molecule has 4 aliphatic rings. The highest BCUT2D eigenvalue weighted by molar-refractivity contribution is 6.17. The largest absolute Gasteiger partial charge is 0.417 e. The van der Waals surface area contributed by atoms with Crippen LogP contribution in [0.1, 0.15) is 53.1 Å². The fourth-order valence-electron chi connectivity index (χ4n) is 7.18. The molecule has 14 heteroatoms. The summed E-state index contributed by atoms with van der Waals surface area (Å²) in [6.45, 7) is 1.36. The van der Waals surface area contributed by atoms with Crippen LogP contribution in [0.4, 0.5) is 52.7 Å². The zero-order valence-corrected chi connectivity index (χ0v) is 24.7. The van der Waals surface area contributed by atoms with Crippen molar-refractivity contribution in [1.82, 2.24) is 0 Å². The monoisotopic (exact) mass is 694 g/mol. The molecule has 4 aliphatic carbocycles. The maximum absolute atomic E-state index is 14.4. The van der Waals surface area contributed by atoms with Gasteiger partial charge in [0.2, 0.25) is 0 Å². The zero-order chi connectivity index (χ0) is 36.1. The molecule has 0 bridgehead atoms. The third-order valence-corrected chi connectivity index (χ3v) is 9.21. The van der Waals surface area contributed by atoms with E-state index >= 15 is 0 Å². The number of fused-ring (bicyclic) bond motifs is 3. The Balaban J connectivity index is 1.78. The molecule has 2 atom stereocenters. The lowest BCUT2D eigenvalue weighted by Crippen LogP contribution is -2.30. The van der Waals surface area contributed by atoms with Gasteiger partial charge in [-0.2, -0.15) is 63.2 Å². The van der Waals surface area contributed by atoms with Gasteiger partial charge >= 0.3 is 24.7 Å². The molecule has 2 aromatic rings. The highest BCUT2D eigenvalue weighted by Crippen LogP contribution is 2.67. The van der Waals surface area contributed by atoms with E-state index in [1.54, 1.807) is 12.1 Å². The van der Waals surface area contributed by atoms with E-state index < -0.39 is 76.7 Å². The van der Waals surface area contributed by atoms with Crippen LogP contribution in [0.3, 0.4) is 0 Å². The zero-order valence-electron chi connectivity index (χ0n) is 24.7. The van der Waals surface area contributed by atoms with Crippen molar-refractivity contribution in [2.24, 2.45) is 5.92 Å². The van der Waals surface area contributed by atoms with E-state index in [9.17, 15) is 63.2 Å². The lowest BCUT2D eigenvalue weighted by atomic mass is 9.68. The Morgan fingerprint density at radius 3 is 1.88 bits per heavy atom. The van der Waals surface area contributed by atoms with Crippen molar-refractivity contribution in [1.29, 1.82) is 10.5 Å². The summed E-state index contributed by atoms with van der Waals surface area (Å²) in [7, 11) is 0. The van der Waals surface area contributed by atoms with Gasteiger partial charge in [0.15, 0.2) is 0 Å². The van der Waals surface area contributed by atoms with Crippen LogP contribution in [0.25, 0.3) is 16.7 Å². The highest BCUT2D eigenvalue weighted by Gasteiger charge is 2.56. The first-order valence-electron chi connectivity index (χ1n) is 14.3. The SMILES string of the molecule is CC12CC=C(C(F)(F)F)c3c(C(F)(F)F)ccc(c31)C1=C(c3ccc(C(F)(F)F)cc3)C(=C(C#N)C#N)C(C3=CCC(C(F)(F)F)C=C3)=C12. The molecular formula is C35H18F12N2. The first-order chi connectivity index (χ1) is 22.6. The number of allylic oxidation sites excluding steroid dienone is 12. The Morgan fingerprint density at radius 1 is 0.755 bits per heavy atom. The molecule has 0 N–H and O–H groups in total. The minimum absolute atomic E-state index is 0.00476. The minimum atomic E-state index is -5.26. The molecule has 2 aromatic carbocycles. The molecule has 0 amide bonds. The number of rotatable bonds is 2. The average Bonchev–Trinajstić information content (AvgIpc) is 3.48. The van der Waals surface area contributed by atoms with Gasteiger partial charge in [0.1, 0.15) is 17.7 Å². The van der Waals surface area contributed by atoms with Crippen molar-refractivity contribution < 1.29 is 52.7 Å². The summed E-state index contributed by atoms with van der Waals surface area (Å²) in [6.07, 6.45) is -17.5. The van der Waals surface area contributed by atoms with Crippen LogP contribution in [0, 0.1) is 28.6 Å². The van der Waals surface area contributed by atoms with Gasteiger partial charge in [-0.15, -0.1) is 0 Å². The average molecular weight is 695 g/mol. The van der Waals surface area contributed by atoms with E-state index in [-0.39, 0.29) is 50.1 Å². The summed E-state index contributed by atoms with van der Waals surface area (Å²) in [6, 6.07) is 8.14. The molecule has 0 radical (unpaired) electrons. The molecule has 6 rings (SSSR count). The number of nitrogens with zero attached hydrogens (tertiary/aromatic N) is 2. The van der Waals surface area contributed by atoms with Crippen LogP contribution in [-0.4, -0.2) is 12.4 Å². The van der Waals surface area contributed by atoms with Crippen LogP contribution in [0.2, 0.25) is 0 Å². The molecule has 252 valence electrons. The summed E-state index contributed by atoms with van der Waals surface area (Å²) in [5.41, 5.74) is -8.75. The van der Waals surface area contributed by atoms with Gasteiger partial charge in [-0.3, -0.25) is 0 Å². The first kappa shape index (κ1) is 33.9. The summed E-state index contributed by atoms with van der Waals surface area (Å²) in [5, 5.41) is 20.1. The molecular weight excluding hydrogens is 676 g/mol. The third kappa shape index (κ3) is 5.20. The van der Waals surface area contributed by atoms with E-state index in [1.165, 1.54) is 6.92 Å². The van der Waals surface area contributed by atoms with Gasteiger partial charge in [-0.1, -0.05) is 49.4 Å². The number of nitriles is 2. The van der Waals surface area contributed by atoms with Crippen LogP contribution < -0.4 is 0 Å². The molecule has 2 unspecified atom stereocenters. The highest BCUT2D eigenvalue weighted by atomic mass is 19.4. The minimum Gasteiger partial charge on any atom is -0.192 e. The van der Waals surface area contributed by atoms with Crippen LogP contribution in [-0.2, 0) is 17.8 Å². The van der Waals surface area contributed by atoms with Gasteiger partial charge in [-0.25, -0.2) is 0 Å². The van der Waals surface area contributed by atoms with Crippen molar-refractivity contribution >= 4 is 16.7 Å². The van der Waals surface area contributed by atoms with Crippen molar-refractivity contribution in [3.8, 4) is 12.1 Å². The molecule has 0 saturated carbocycles. The van der Waals surface area contributed by atoms with E-state index in [0.29, 0.717) is 24.3 Å². The third-order valence-electron chi connectivity index (χ3n) is 9.21. The lowest BCUT2D eigenvalue weighted by molar-refractivity contribution is -0.160. The normalized spacial score (nSPS) is 22.0. The summed E-state index contributed by atoms with van der Waals surface area (Å²) < 4.78 is 168. The summed E-state index contributed by atoms with van der Waals surface area (Å²) in [5.74, 6) is -1.94. The number of alkyl halides is 12. The van der Waals surface area contributed by atoms with Gasteiger partial charge in [0.25, 0.3) is 0 Å². The molecule has 2 nitrogen and oxygen atoms in total. The van der Waals surface area contributed by atoms with Crippen molar-refractivity contribution in [3.63, 3.8) is 0 Å². The molecule has 0 heterocycles. The number of hydrogen-bond donors (Lipinski definition) is 0. The van der Waals surface area contributed by atoms with E-state index in [4.69, 9.17) is 0 Å². The van der Waals surface area contributed by atoms with E-state index in [2.05, 4.69) is 0 Å². The van der Waals surface area contributed by atoms with E-state index in [1.807, 2.05) is 0 Å². The van der Waals surface area contributed by atoms with Crippen LogP contribution >= 0.6 is 0 Å². The second-order valence-electron chi connectivity index (χ2n) is 12.0. The second kappa shape index (κ2) is 10.8. The van der Waals surface area contributed by atoms with Crippen molar-refractivity contribution in [2.75, 3.05) is 0 Å². The molecule has 0 aromatic heterocycles. The summed E-state index contributed by atoms with van der Waals surface area (Å²) in [4.78, 5) is 0. The van der Waals surface area contributed by atoms with Crippen LogP contribution in [0.15, 0.2) is 88.6 Å².